The fourth-order valence-electron chi connectivity index (χ4n) is 1.69. The van der Waals surface area contributed by atoms with Crippen molar-refractivity contribution in [2.75, 3.05) is 0 Å². The van der Waals surface area contributed by atoms with Crippen molar-refractivity contribution in [3.05, 3.63) is 34.1 Å². The van der Waals surface area contributed by atoms with Gasteiger partial charge in [-0.2, -0.15) is 0 Å². The van der Waals surface area contributed by atoms with E-state index in [1.54, 1.807) is 0 Å². The molecule has 3 unspecified atom stereocenters. The smallest absolute Gasteiger partial charge is 0.137 e. The molecule has 76 valence electrons. The molecule has 0 bridgehead atoms. The first-order valence-electron chi connectivity index (χ1n) is 4.68. The molecule has 3 atom stereocenters. The molecule has 0 amide bonds. The summed E-state index contributed by atoms with van der Waals surface area (Å²) in [6.45, 7) is 2.25. The summed E-state index contributed by atoms with van der Waals surface area (Å²) in [4.78, 5) is 0.370. The van der Waals surface area contributed by atoms with Crippen LogP contribution in [0.15, 0.2) is 22.7 Å². The molecule has 2 rings (SSSR count). The van der Waals surface area contributed by atoms with Gasteiger partial charge in [0.15, 0.2) is 0 Å². The Bertz CT molecular complexity index is 351. The monoisotopic (exact) mass is 320 g/mol. The van der Waals surface area contributed by atoms with Gasteiger partial charge in [-0.15, -0.1) is 0 Å². The molecule has 3 heteroatoms. The molecule has 0 aromatic heterocycles. The lowest BCUT2D eigenvalue weighted by molar-refractivity contribution is 0.619. The summed E-state index contributed by atoms with van der Waals surface area (Å²) in [5, 5.41) is 0. The summed E-state index contributed by atoms with van der Waals surface area (Å²) in [7, 11) is 0. The molecule has 0 nitrogen and oxygen atoms in total. The minimum atomic E-state index is -0.197. The van der Waals surface area contributed by atoms with Crippen LogP contribution in [0.5, 0.6) is 0 Å². The second-order valence-corrected chi connectivity index (χ2v) is 5.79. The van der Waals surface area contributed by atoms with E-state index in [1.807, 2.05) is 12.1 Å². The van der Waals surface area contributed by atoms with E-state index in [1.165, 1.54) is 12.5 Å². The molecule has 1 aromatic rings. The van der Waals surface area contributed by atoms with Gasteiger partial charge >= 0.3 is 0 Å². The summed E-state index contributed by atoms with van der Waals surface area (Å²) < 4.78 is 13.5. The van der Waals surface area contributed by atoms with Gasteiger partial charge in [0, 0.05) is 4.83 Å². The summed E-state index contributed by atoms with van der Waals surface area (Å²) >= 11 is 6.87. The van der Waals surface area contributed by atoms with Crippen LogP contribution in [0.4, 0.5) is 4.39 Å². The molecule has 1 aromatic carbocycles. The first-order valence-corrected chi connectivity index (χ1v) is 6.39. The van der Waals surface area contributed by atoms with Crippen LogP contribution in [0.25, 0.3) is 0 Å². The van der Waals surface area contributed by atoms with E-state index < -0.39 is 0 Å². The molecule has 0 spiro atoms. The van der Waals surface area contributed by atoms with Crippen molar-refractivity contribution in [2.24, 2.45) is 11.8 Å². The Hall–Kier alpha value is 0.110. The van der Waals surface area contributed by atoms with Gasteiger partial charge < -0.3 is 0 Å². The quantitative estimate of drug-likeness (QED) is 0.694. The SMILES string of the molecule is CC1CC1C(Br)c1ccc(F)c(Br)c1. The molecule has 0 heterocycles. The minimum absolute atomic E-state index is 0.197. The Morgan fingerprint density at radius 3 is 2.64 bits per heavy atom. The van der Waals surface area contributed by atoms with Crippen LogP contribution in [0.2, 0.25) is 0 Å². The molecule has 0 radical (unpaired) electrons. The fraction of sp³-hybridized carbons (Fsp3) is 0.455. The van der Waals surface area contributed by atoms with Crippen LogP contribution < -0.4 is 0 Å². The number of halogens is 3. The van der Waals surface area contributed by atoms with Crippen LogP contribution in [0.3, 0.4) is 0 Å². The van der Waals surface area contributed by atoms with Crippen molar-refractivity contribution in [1.29, 1.82) is 0 Å². The van der Waals surface area contributed by atoms with E-state index in [9.17, 15) is 4.39 Å². The highest BCUT2D eigenvalue weighted by molar-refractivity contribution is 9.10. The largest absolute Gasteiger partial charge is 0.206 e. The summed E-state index contributed by atoms with van der Waals surface area (Å²) in [5.41, 5.74) is 1.16. The summed E-state index contributed by atoms with van der Waals surface area (Å²) in [5.74, 6) is 1.31. The molecule has 0 N–H and O–H groups in total. The van der Waals surface area contributed by atoms with E-state index >= 15 is 0 Å². The zero-order valence-electron chi connectivity index (χ0n) is 7.81. The Labute approximate surface area is 100 Å². The van der Waals surface area contributed by atoms with Crippen molar-refractivity contribution in [1.82, 2.24) is 0 Å². The lowest BCUT2D eigenvalue weighted by atomic mass is 10.1. The number of alkyl halides is 1. The molecule has 1 saturated carbocycles. The highest BCUT2D eigenvalue weighted by Gasteiger charge is 2.38. The molecular formula is C11H11Br2F. The van der Waals surface area contributed by atoms with Crippen molar-refractivity contribution in [3.63, 3.8) is 0 Å². The lowest BCUT2D eigenvalue weighted by Crippen LogP contribution is -1.94. The third-order valence-corrected chi connectivity index (χ3v) is 4.63. The van der Waals surface area contributed by atoms with Gasteiger partial charge in [0.05, 0.1) is 4.47 Å². The van der Waals surface area contributed by atoms with Crippen LogP contribution >= 0.6 is 31.9 Å². The van der Waals surface area contributed by atoms with Gasteiger partial charge in [0.2, 0.25) is 0 Å². The average molecular weight is 322 g/mol. The zero-order valence-corrected chi connectivity index (χ0v) is 11.0. The minimum Gasteiger partial charge on any atom is -0.206 e. The highest BCUT2D eigenvalue weighted by atomic mass is 79.9. The first kappa shape index (κ1) is 10.6. The number of hydrogen-bond donors (Lipinski definition) is 0. The van der Waals surface area contributed by atoms with Gasteiger partial charge in [-0.1, -0.05) is 28.9 Å². The topological polar surface area (TPSA) is 0 Å². The van der Waals surface area contributed by atoms with Crippen LogP contribution in [-0.2, 0) is 0 Å². The third-order valence-electron chi connectivity index (χ3n) is 2.81. The second kappa shape index (κ2) is 3.93. The van der Waals surface area contributed by atoms with Crippen molar-refractivity contribution in [2.45, 2.75) is 18.2 Å². The van der Waals surface area contributed by atoms with Crippen molar-refractivity contribution >= 4 is 31.9 Å². The van der Waals surface area contributed by atoms with E-state index in [2.05, 4.69) is 38.8 Å². The highest BCUT2D eigenvalue weighted by Crippen LogP contribution is 2.51. The zero-order chi connectivity index (χ0) is 10.3. The standard InChI is InChI=1S/C11H11Br2F/c1-6-4-8(6)11(13)7-2-3-10(14)9(12)5-7/h2-3,5-6,8,11H,4H2,1H3. The predicted molar refractivity (Wildman–Crippen MR) is 63.0 cm³/mol. The van der Waals surface area contributed by atoms with Crippen LogP contribution in [-0.4, -0.2) is 0 Å². The normalized spacial score (nSPS) is 27.4. The molecular weight excluding hydrogens is 311 g/mol. The summed E-state index contributed by atoms with van der Waals surface area (Å²) in [6.07, 6.45) is 1.27. The fourth-order valence-corrected chi connectivity index (χ4v) is 3.11. The third kappa shape index (κ3) is 2.03. The Morgan fingerprint density at radius 2 is 2.14 bits per heavy atom. The van der Waals surface area contributed by atoms with E-state index in [0.717, 1.165) is 11.5 Å². The van der Waals surface area contributed by atoms with Crippen LogP contribution in [0, 0.1) is 17.7 Å². The van der Waals surface area contributed by atoms with E-state index in [-0.39, 0.29) is 5.82 Å². The number of hydrogen-bond acceptors (Lipinski definition) is 0. The molecule has 0 aliphatic heterocycles. The maximum Gasteiger partial charge on any atom is 0.137 e. The maximum absolute atomic E-state index is 13.0. The average Bonchev–Trinajstić information content (AvgIpc) is 2.86. The Balaban J connectivity index is 2.20. The maximum atomic E-state index is 13.0. The van der Waals surface area contributed by atoms with Gasteiger partial charge in [-0.3, -0.25) is 0 Å². The lowest BCUT2D eigenvalue weighted by Gasteiger charge is -2.09. The Kier molecular flexibility index (Phi) is 2.98. The van der Waals surface area contributed by atoms with Gasteiger partial charge in [0.1, 0.15) is 5.82 Å². The molecule has 0 saturated heterocycles. The molecule has 1 aliphatic rings. The van der Waals surface area contributed by atoms with Crippen molar-refractivity contribution < 1.29 is 4.39 Å². The van der Waals surface area contributed by atoms with Crippen molar-refractivity contribution in [3.8, 4) is 0 Å². The number of rotatable bonds is 2. The predicted octanol–water partition coefficient (Wildman–Crippen LogP) is 4.68. The summed E-state index contributed by atoms with van der Waals surface area (Å²) in [6, 6.07) is 5.23. The van der Waals surface area contributed by atoms with Gasteiger partial charge in [0.25, 0.3) is 0 Å². The van der Waals surface area contributed by atoms with E-state index in [4.69, 9.17) is 0 Å². The van der Waals surface area contributed by atoms with Gasteiger partial charge in [-0.25, -0.2) is 4.39 Å². The molecule has 1 fully saturated rings. The molecule has 14 heavy (non-hydrogen) atoms. The van der Waals surface area contributed by atoms with Crippen LogP contribution in [0.1, 0.15) is 23.7 Å². The molecule has 1 aliphatic carbocycles. The Morgan fingerprint density at radius 1 is 1.50 bits per heavy atom. The van der Waals surface area contributed by atoms with Gasteiger partial charge in [-0.05, 0) is 51.9 Å². The number of benzene rings is 1. The second-order valence-electron chi connectivity index (χ2n) is 3.95. The first-order chi connectivity index (χ1) is 6.59. The van der Waals surface area contributed by atoms with E-state index in [0.29, 0.717) is 15.2 Å².